The van der Waals surface area contributed by atoms with Crippen LogP contribution in [0.15, 0.2) is 55.6 Å². The molecule has 144 valence electrons. The Morgan fingerprint density at radius 1 is 1.32 bits per heavy atom. The molecule has 0 spiro atoms. The molecule has 9 nitrogen and oxygen atoms in total. The largest absolute Gasteiger partial charge is 0.493 e. The van der Waals surface area contributed by atoms with Crippen molar-refractivity contribution in [2.45, 2.75) is 0 Å². The van der Waals surface area contributed by atoms with E-state index >= 15 is 0 Å². The molecular weight excluding hydrogens is 434 g/mol. The number of ether oxygens (including phenoxy) is 2. The van der Waals surface area contributed by atoms with Gasteiger partial charge in [-0.2, -0.15) is 5.10 Å². The van der Waals surface area contributed by atoms with E-state index in [0.29, 0.717) is 25.6 Å². The molecule has 0 aliphatic rings. The van der Waals surface area contributed by atoms with Crippen molar-refractivity contribution in [2.75, 3.05) is 13.7 Å². The molecule has 1 aromatic heterocycles. The van der Waals surface area contributed by atoms with E-state index in [1.165, 1.54) is 13.3 Å². The van der Waals surface area contributed by atoms with Gasteiger partial charge in [0, 0.05) is 10.0 Å². The van der Waals surface area contributed by atoms with E-state index in [1.807, 2.05) is 0 Å². The molecule has 0 amide bonds. The monoisotopic (exact) mass is 447 g/mol. The number of carbonyl (C=O) groups is 1. The number of benzene rings is 2. The molecule has 0 radical (unpaired) electrons. The summed E-state index contributed by atoms with van der Waals surface area (Å²) >= 11 is 3.31. The normalized spacial score (nSPS) is 11.1. The van der Waals surface area contributed by atoms with Crippen molar-refractivity contribution in [3.63, 3.8) is 0 Å². The van der Waals surface area contributed by atoms with Gasteiger partial charge in [-0.25, -0.2) is 9.59 Å². The van der Waals surface area contributed by atoms with E-state index in [2.05, 4.69) is 26.0 Å². The molecule has 0 unspecified atom stereocenters. The van der Waals surface area contributed by atoms with Crippen molar-refractivity contribution in [2.24, 2.45) is 5.10 Å². The molecule has 10 heteroatoms. The van der Waals surface area contributed by atoms with Crippen molar-refractivity contribution in [1.82, 2.24) is 9.66 Å². The smallest absolute Gasteiger partial charge is 0.349 e. The average molecular weight is 448 g/mol. The van der Waals surface area contributed by atoms with Gasteiger partial charge in [-0.15, -0.1) is 4.68 Å². The number of halogens is 1. The Labute approximate surface area is 166 Å². The molecule has 0 fully saturated rings. The van der Waals surface area contributed by atoms with Crippen LogP contribution in [0.2, 0.25) is 0 Å². The molecule has 0 atom stereocenters. The highest BCUT2D eigenvalue weighted by Crippen LogP contribution is 2.34. The number of methoxy groups -OCH3 is 1. The van der Waals surface area contributed by atoms with Gasteiger partial charge in [-0.3, -0.25) is 4.79 Å². The number of nitrogens with one attached hydrogen (secondary N) is 1. The minimum atomic E-state index is -1.17. The van der Waals surface area contributed by atoms with Crippen LogP contribution in [-0.4, -0.2) is 40.7 Å². The zero-order valence-corrected chi connectivity index (χ0v) is 16.1. The maximum Gasteiger partial charge on any atom is 0.349 e. The highest BCUT2D eigenvalue weighted by molar-refractivity contribution is 9.10. The number of fused-ring (bicyclic) bond motifs is 1. The van der Waals surface area contributed by atoms with Crippen LogP contribution in [0.25, 0.3) is 10.9 Å². The van der Waals surface area contributed by atoms with Crippen LogP contribution in [0.1, 0.15) is 5.56 Å². The van der Waals surface area contributed by atoms with Gasteiger partial charge in [-0.05, 0) is 24.3 Å². The molecule has 3 aromatic rings. The number of para-hydroxylation sites is 1. The van der Waals surface area contributed by atoms with Gasteiger partial charge >= 0.3 is 11.7 Å². The lowest BCUT2D eigenvalue weighted by Gasteiger charge is -2.12. The quantitative estimate of drug-likeness (QED) is 0.555. The highest BCUT2D eigenvalue weighted by Gasteiger charge is 2.14. The maximum atomic E-state index is 12.5. The van der Waals surface area contributed by atoms with Gasteiger partial charge in [-0.1, -0.05) is 28.1 Å². The summed E-state index contributed by atoms with van der Waals surface area (Å²) in [6.45, 7) is -0.602. The number of rotatable bonds is 6. The number of nitrogens with zero attached hydrogens (tertiary/aromatic N) is 2. The summed E-state index contributed by atoms with van der Waals surface area (Å²) in [5, 5.41) is 13.1. The maximum absolute atomic E-state index is 12.5. The highest BCUT2D eigenvalue weighted by atomic mass is 79.9. The Bertz CT molecular complexity index is 1200. The van der Waals surface area contributed by atoms with Crippen LogP contribution in [0.4, 0.5) is 0 Å². The second kappa shape index (κ2) is 8.09. The fraction of sp³-hybridized carbons (Fsp3) is 0.111. The lowest BCUT2D eigenvalue weighted by molar-refractivity contribution is -0.139. The fourth-order valence-corrected chi connectivity index (χ4v) is 2.96. The van der Waals surface area contributed by atoms with Crippen LogP contribution >= 0.6 is 15.9 Å². The van der Waals surface area contributed by atoms with E-state index in [9.17, 15) is 14.4 Å². The van der Waals surface area contributed by atoms with Gasteiger partial charge in [0.15, 0.2) is 18.1 Å². The first kappa shape index (κ1) is 19.4. The Balaban J connectivity index is 2.11. The first-order chi connectivity index (χ1) is 13.4. The van der Waals surface area contributed by atoms with Crippen molar-refractivity contribution < 1.29 is 19.4 Å². The van der Waals surface area contributed by atoms with Crippen molar-refractivity contribution in [3.8, 4) is 11.5 Å². The molecule has 1 heterocycles. The molecule has 3 rings (SSSR count). The van der Waals surface area contributed by atoms with Crippen LogP contribution in [0.5, 0.6) is 11.5 Å². The molecule has 2 aromatic carbocycles. The summed E-state index contributed by atoms with van der Waals surface area (Å²) in [4.78, 5) is 38.2. The Morgan fingerprint density at radius 2 is 2.07 bits per heavy atom. The minimum absolute atomic E-state index is 0.113. The third kappa shape index (κ3) is 3.96. The second-order valence-corrected chi connectivity index (χ2v) is 6.46. The van der Waals surface area contributed by atoms with Gasteiger partial charge in [0.2, 0.25) is 0 Å². The number of carboxylic acid groups (broad SMARTS) is 1. The summed E-state index contributed by atoms with van der Waals surface area (Å²) in [6.07, 6.45) is 1.22. The third-order valence-electron chi connectivity index (χ3n) is 3.70. The first-order valence-corrected chi connectivity index (χ1v) is 8.70. The van der Waals surface area contributed by atoms with Crippen molar-refractivity contribution in [3.05, 3.63) is 67.3 Å². The summed E-state index contributed by atoms with van der Waals surface area (Å²) in [5.74, 6) is -0.797. The number of hydrogen-bond acceptors (Lipinski definition) is 6. The SMILES string of the molecule is COc1cc(Br)cc(C=Nn2c(=O)[nH]c3ccccc3c2=O)c1OCC(=O)O. The molecule has 2 N–H and O–H groups in total. The summed E-state index contributed by atoms with van der Waals surface area (Å²) < 4.78 is 11.8. The Morgan fingerprint density at radius 3 is 2.79 bits per heavy atom. The lowest BCUT2D eigenvalue weighted by atomic mass is 10.2. The number of hydrogen-bond donors (Lipinski definition) is 2. The predicted octanol–water partition coefficient (Wildman–Crippen LogP) is 1.81. The summed E-state index contributed by atoms with van der Waals surface area (Å²) in [5.41, 5.74) is -0.592. The zero-order chi connectivity index (χ0) is 20.3. The van der Waals surface area contributed by atoms with Gasteiger partial charge in [0.05, 0.1) is 24.2 Å². The second-order valence-electron chi connectivity index (χ2n) is 5.55. The zero-order valence-electron chi connectivity index (χ0n) is 14.5. The average Bonchev–Trinajstić information content (AvgIpc) is 2.66. The number of carboxylic acids is 1. The first-order valence-electron chi connectivity index (χ1n) is 7.91. The van der Waals surface area contributed by atoms with E-state index in [4.69, 9.17) is 14.6 Å². The third-order valence-corrected chi connectivity index (χ3v) is 4.16. The van der Waals surface area contributed by atoms with Crippen LogP contribution < -0.4 is 20.7 Å². The van der Waals surface area contributed by atoms with E-state index < -0.39 is 23.8 Å². The Kier molecular flexibility index (Phi) is 5.59. The molecule has 0 bridgehead atoms. The number of aliphatic carboxylic acids is 1. The molecule has 28 heavy (non-hydrogen) atoms. The number of aromatic nitrogens is 2. The molecule has 0 saturated heterocycles. The molecule has 0 aliphatic heterocycles. The van der Waals surface area contributed by atoms with Crippen LogP contribution in [0.3, 0.4) is 0 Å². The van der Waals surface area contributed by atoms with Crippen LogP contribution in [-0.2, 0) is 4.79 Å². The van der Waals surface area contributed by atoms with Crippen molar-refractivity contribution in [1.29, 1.82) is 0 Å². The van der Waals surface area contributed by atoms with Gasteiger partial charge in [0.25, 0.3) is 5.56 Å². The molecule has 0 aliphatic carbocycles. The van der Waals surface area contributed by atoms with Crippen molar-refractivity contribution >= 4 is 39.0 Å². The molecule has 0 saturated carbocycles. The van der Waals surface area contributed by atoms with Gasteiger partial charge < -0.3 is 19.6 Å². The fourth-order valence-electron chi connectivity index (χ4n) is 2.50. The predicted molar refractivity (Wildman–Crippen MR) is 106 cm³/mol. The number of H-pyrrole nitrogens is 1. The summed E-state index contributed by atoms with van der Waals surface area (Å²) in [6, 6.07) is 9.73. The summed E-state index contributed by atoms with van der Waals surface area (Å²) in [7, 11) is 1.40. The number of aromatic amines is 1. The van der Waals surface area contributed by atoms with Gasteiger partial charge in [0.1, 0.15) is 0 Å². The van der Waals surface area contributed by atoms with E-state index in [0.717, 1.165) is 0 Å². The molecular formula is C18H14BrN3O6. The van der Waals surface area contributed by atoms with E-state index in [1.54, 1.807) is 36.4 Å². The topological polar surface area (TPSA) is 123 Å². The minimum Gasteiger partial charge on any atom is -0.493 e. The Hall–Kier alpha value is -3.40. The lowest BCUT2D eigenvalue weighted by Crippen LogP contribution is -2.32. The van der Waals surface area contributed by atoms with Crippen LogP contribution in [0, 0.1) is 0 Å². The standard InChI is InChI=1S/C18H14BrN3O6/c1-27-14-7-11(19)6-10(16(14)28-9-15(23)24)8-20-22-17(25)12-4-2-3-5-13(12)21-18(22)26/h2-8H,9H2,1H3,(H,21,26)(H,23,24). The van der Waals surface area contributed by atoms with E-state index in [-0.39, 0.29) is 11.5 Å².